The first-order valence-corrected chi connectivity index (χ1v) is 4.20. The zero-order valence-corrected chi connectivity index (χ0v) is 7.98. The van der Waals surface area contributed by atoms with Crippen molar-refractivity contribution in [3.05, 3.63) is 22.6 Å². The minimum Gasteiger partial charge on any atom is -0.444 e. The molecule has 0 bridgehead atoms. The highest BCUT2D eigenvalue weighted by atomic mass is 79.9. The molecule has 1 heterocycles. The fraction of sp³-hybridized carbons (Fsp3) is 0.286. The van der Waals surface area contributed by atoms with Crippen molar-refractivity contribution >= 4 is 21.8 Å². The van der Waals surface area contributed by atoms with E-state index in [1.807, 2.05) is 5.32 Å². The number of hydrogen-bond donors (Lipinski definition) is 1. The zero-order chi connectivity index (χ0) is 9.84. The molecule has 6 heteroatoms. The minimum absolute atomic E-state index is 0.00697. The van der Waals surface area contributed by atoms with Gasteiger partial charge in [0.05, 0.1) is 6.54 Å². The van der Waals surface area contributed by atoms with E-state index in [4.69, 9.17) is 4.42 Å². The van der Waals surface area contributed by atoms with E-state index in [9.17, 15) is 13.6 Å². The Morgan fingerprint density at radius 1 is 1.62 bits per heavy atom. The second kappa shape index (κ2) is 4.36. The molecule has 13 heavy (non-hydrogen) atoms. The number of alkyl halides is 2. The van der Waals surface area contributed by atoms with E-state index in [1.54, 1.807) is 0 Å². The van der Waals surface area contributed by atoms with Gasteiger partial charge in [-0.3, -0.25) is 4.79 Å². The molecule has 0 saturated heterocycles. The van der Waals surface area contributed by atoms with Gasteiger partial charge in [-0.25, -0.2) is 8.78 Å². The molecular weight excluding hydrogens is 248 g/mol. The standard InChI is InChI=1S/C7H6BrF2NO2/c8-5-2-1-4(13-5)7(12)11-3-6(9)10/h1-2,6H,3H2,(H,11,12). The first-order chi connectivity index (χ1) is 6.09. The molecule has 0 aliphatic heterocycles. The van der Waals surface area contributed by atoms with Gasteiger partial charge >= 0.3 is 0 Å². The van der Waals surface area contributed by atoms with Crippen molar-refractivity contribution in [3.63, 3.8) is 0 Å². The molecule has 0 atom stereocenters. The lowest BCUT2D eigenvalue weighted by Crippen LogP contribution is -2.28. The number of nitrogens with one attached hydrogen (secondary N) is 1. The van der Waals surface area contributed by atoms with Crippen LogP contribution in [0.25, 0.3) is 0 Å². The summed E-state index contributed by atoms with van der Waals surface area (Å²) in [5.74, 6) is -0.640. The Balaban J connectivity index is 2.49. The summed E-state index contributed by atoms with van der Waals surface area (Å²) in [4.78, 5) is 11.0. The van der Waals surface area contributed by atoms with Gasteiger partial charge in [0.15, 0.2) is 10.4 Å². The van der Waals surface area contributed by atoms with E-state index in [-0.39, 0.29) is 5.76 Å². The topological polar surface area (TPSA) is 42.2 Å². The third kappa shape index (κ3) is 3.14. The number of halogens is 3. The van der Waals surface area contributed by atoms with Crippen molar-refractivity contribution in [2.24, 2.45) is 0 Å². The molecule has 0 aliphatic carbocycles. The summed E-state index contributed by atoms with van der Waals surface area (Å²) in [7, 11) is 0. The van der Waals surface area contributed by atoms with Crippen LogP contribution in [0.3, 0.4) is 0 Å². The summed E-state index contributed by atoms with van der Waals surface area (Å²) in [6.45, 7) is -0.669. The smallest absolute Gasteiger partial charge is 0.287 e. The quantitative estimate of drug-likeness (QED) is 0.896. The molecule has 0 aliphatic rings. The Labute approximate surface area is 81.2 Å². The molecule has 1 amide bonds. The first kappa shape index (κ1) is 10.2. The van der Waals surface area contributed by atoms with Gasteiger partial charge in [-0.05, 0) is 28.1 Å². The Morgan fingerprint density at radius 3 is 2.77 bits per heavy atom. The predicted molar refractivity (Wildman–Crippen MR) is 44.7 cm³/mol. The van der Waals surface area contributed by atoms with Crippen LogP contribution in [0.5, 0.6) is 0 Å². The van der Waals surface area contributed by atoms with Crippen LogP contribution in [0.2, 0.25) is 0 Å². The largest absolute Gasteiger partial charge is 0.444 e. The van der Waals surface area contributed by atoms with Crippen LogP contribution in [-0.2, 0) is 0 Å². The van der Waals surface area contributed by atoms with E-state index in [1.165, 1.54) is 12.1 Å². The van der Waals surface area contributed by atoms with Crippen molar-refractivity contribution in [1.82, 2.24) is 5.32 Å². The van der Waals surface area contributed by atoms with Gasteiger partial charge < -0.3 is 9.73 Å². The molecule has 1 rings (SSSR count). The molecule has 1 aromatic heterocycles. The average molecular weight is 254 g/mol. The van der Waals surface area contributed by atoms with Gasteiger partial charge in [0.2, 0.25) is 0 Å². The van der Waals surface area contributed by atoms with Crippen molar-refractivity contribution in [2.75, 3.05) is 6.54 Å². The third-order valence-corrected chi connectivity index (χ3v) is 1.64. The fourth-order valence-corrected chi connectivity index (χ4v) is 1.000. The monoisotopic (exact) mass is 253 g/mol. The van der Waals surface area contributed by atoms with Crippen LogP contribution >= 0.6 is 15.9 Å². The van der Waals surface area contributed by atoms with Crippen molar-refractivity contribution < 1.29 is 18.0 Å². The maximum atomic E-state index is 11.7. The lowest BCUT2D eigenvalue weighted by Gasteiger charge is -2.00. The van der Waals surface area contributed by atoms with Crippen LogP contribution in [-0.4, -0.2) is 18.9 Å². The Morgan fingerprint density at radius 2 is 2.31 bits per heavy atom. The molecule has 0 radical (unpaired) electrons. The summed E-state index contributed by atoms with van der Waals surface area (Å²) in [5.41, 5.74) is 0. The highest BCUT2D eigenvalue weighted by molar-refractivity contribution is 9.10. The predicted octanol–water partition coefficient (Wildman–Crippen LogP) is 2.04. The number of furan rings is 1. The second-order valence-corrected chi connectivity index (χ2v) is 2.99. The molecule has 1 N–H and O–H groups in total. The van der Waals surface area contributed by atoms with Gasteiger partial charge in [0, 0.05) is 0 Å². The van der Waals surface area contributed by atoms with E-state index < -0.39 is 18.9 Å². The summed E-state index contributed by atoms with van der Waals surface area (Å²) in [6, 6.07) is 2.90. The maximum absolute atomic E-state index is 11.7. The van der Waals surface area contributed by atoms with Crippen LogP contribution in [0.1, 0.15) is 10.6 Å². The van der Waals surface area contributed by atoms with Crippen molar-refractivity contribution in [3.8, 4) is 0 Å². The van der Waals surface area contributed by atoms with E-state index in [0.717, 1.165) is 0 Å². The molecule has 0 spiro atoms. The van der Waals surface area contributed by atoms with E-state index >= 15 is 0 Å². The lowest BCUT2D eigenvalue weighted by atomic mass is 10.4. The van der Waals surface area contributed by atoms with Crippen LogP contribution in [0.15, 0.2) is 21.2 Å². The van der Waals surface area contributed by atoms with Gasteiger partial charge in [0.25, 0.3) is 12.3 Å². The first-order valence-electron chi connectivity index (χ1n) is 3.41. The molecule has 3 nitrogen and oxygen atoms in total. The summed E-state index contributed by atoms with van der Waals surface area (Å²) >= 11 is 2.99. The molecule has 72 valence electrons. The second-order valence-electron chi connectivity index (χ2n) is 2.20. The maximum Gasteiger partial charge on any atom is 0.287 e. The number of rotatable bonds is 3. The van der Waals surface area contributed by atoms with E-state index in [0.29, 0.717) is 4.67 Å². The highest BCUT2D eigenvalue weighted by Crippen LogP contribution is 2.13. The number of amides is 1. The fourth-order valence-electron chi connectivity index (χ4n) is 0.693. The SMILES string of the molecule is O=C(NCC(F)F)c1ccc(Br)o1. The van der Waals surface area contributed by atoms with Crippen LogP contribution in [0, 0.1) is 0 Å². The van der Waals surface area contributed by atoms with Crippen molar-refractivity contribution in [1.29, 1.82) is 0 Å². The number of carbonyl (C=O) groups is 1. The molecule has 0 fully saturated rings. The third-order valence-electron chi connectivity index (χ3n) is 1.21. The molecule has 0 saturated carbocycles. The van der Waals surface area contributed by atoms with E-state index in [2.05, 4.69) is 15.9 Å². The van der Waals surface area contributed by atoms with Crippen LogP contribution in [0.4, 0.5) is 8.78 Å². The summed E-state index contributed by atoms with van der Waals surface area (Å²) in [6.07, 6.45) is -2.55. The summed E-state index contributed by atoms with van der Waals surface area (Å²) < 4.78 is 28.5. The molecule has 0 aromatic carbocycles. The average Bonchev–Trinajstić information content (AvgIpc) is 2.47. The lowest BCUT2D eigenvalue weighted by molar-refractivity contribution is 0.0864. The van der Waals surface area contributed by atoms with Gasteiger partial charge in [-0.15, -0.1) is 0 Å². The Hall–Kier alpha value is -0.910. The molecule has 1 aromatic rings. The van der Waals surface area contributed by atoms with Crippen molar-refractivity contribution in [2.45, 2.75) is 6.43 Å². The minimum atomic E-state index is -2.55. The normalized spacial score (nSPS) is 10.5. The highest BCUT2D eigenvalue weighted by Gasteiger charge is 2.11. The van der Waals surface area contributed by atoms with Gasteiger partial charge in [0.1, 0.15) is 0 Å². The molecular formula is C7H6BrF2NO2. The van der Waals surface area contributed by atoms with Gasteiger partial charge in [-0.2, -0.15) is 0 Å². The Kier molecular flexibility index (Phi) is 3.41. The van der Waals surface area contributed by atoms with Crippen LogP contribution < -0.4 is 5.32 Å². The molecule has 0 unspecified atom stereocenters. The Bertz CT molecular complexity index is 300. The number of carbonyl (C=O) groups excluding carboxylic acids is 1. The number of hydrogen-bond acceptors (Lipinski definition) is 2. The zero-order valence-electron chi connectivity index (χ0n) is 6.39. The van der Waals surface area contributed by atoms with Gasteiger partial charge in [-0.1, -0.05) is 0 Å². The summed E-state index contributed by atoms with van der Waals surface area (Å²) in [5, 5.41) is 2.01.